The van der Waals surface area contributed by atoms with Gasteiger partial charge in [0.1, 0.15) is 0 Å². The van der Waals surface area contributed by atoms with Gasteiger partial charge in [0.2, 0.25) is 0 Å². The molecule has 0 heterocycles. The molecule has 0 aliphatic rings. The molecule has 0 aliphatic heterocycles. The second-order valence-corrected chi connectivity index (χ2v) is 1.80. The molecular weight excluding hydrogens is 111 g/mol. The van der Waals surface area contributed by atoms with Crippen LogP contribution in [0.3, 0.4) is 0 Å². The average Bonchev–Trinajstić information content (AvgIpc) is 0.722. The van der Waals surface area contributed by atoms with E-state index in [1.165, 1.54) is 0 Å². The second-order valence-electron chi connectivity index (χ2n) is 0.600. The van der Waals surface area contributed by atoms with E-state index >= 15 is 0 Å². The summed E-state index contributed by atoms with van der Waals surface area (Å²) in [4.78, 5) is 29.3. The van der Waals surface area contributed by atoms with Gasteiger partial charge < -0.3 is 26.6 Å². The van der Waals surface area contributed by atoms with Gasteiger partial charge in [-0.3, -0.25) is 0 Å². The Bertz CT molecular complexity index is 27.2. The molecule has 0 radical (unpaired) electrons. The van der Waals surface area contributed by atoms with Gasteiger partial charge in [-0.1, -0.05) is 0 Å². The molecule has 40 valence electrons. The van der Waals surface area contributed by atoms with Gasteiger partial charge in [-0.05, 0) is 0 Å². The maximum atomic E-state index is 7.33. The third-order valence-corrected chi connectivity index (χ3v) is 0. The zero-order chi connectivity index (χ0) is 4.50. The van der Waals surface area contributed by atoms with E-state index in [1.807, 2.05) is 0 Å². The predicted molar refractivity (Wildman–Crippen MR) is 21.0 cm³/mol. The molecule has 7 heavy (non-hydrogen) atoms. The quantitative estimate of drug-likeness (QED) is 0.189. The molecule has 0 unspecified atom stereocenters. The number of hydrogen-bond donors (Lipinski definition) is 4. The van der Waals surface area contributed by atoms with Crippen LogP contribution in [-0.2, 0) is 0 Å². The van der Waals surface area contributed by atoms with Crippen LogP contribution in [0.2, 0.25) is 0 Å². The molecule has 0 rings (SSSR count). The fourth-order valence-corrected chi connectivity index (χ4v) is 0. The van der Waals surface area contributed by atoms with Crippen LogP contribution in [0.25, 0.3) is 0 Å². The maximum absolute atomic E-state index is 7.33. The summed E-state index contributed by atoms with van der Waals surface area (Å²) in [6.45, 7) is 0. The van der Waals surface area contributed by atoms with Gasteiger partial charge in [-0.15, -0.1) is 0 Å². The predicted octanol–water partition coefficient (Wildman–Crippen LogP) is -5.15. The molecule has 0 aliphatic carbocycles. The summed E-state index contributed by atoms with van der Waals surface area (Å²) in [6.07, 6.45) is 0. The van der Waals surface area contributed by atoms with Crippen molar-refractivity contribution >= 4 is 9.05 Å². The zero-order valence-corrected chi connectivity index (χ0v) is 5.29. The maximum Gasteiger partial charge on any atom is 1.00 e. The molecule has 0 amide bonds. The first-order valence-electron chi connectivity index (χ1n) is 0.894. The molecule has 0 saturated carbocycles. The van der Waals surface area contributed by atoms with Crippen molar-refractivity contribution in [1.82, 2.24) is 0 Å². The minimum Gasteiger partial charge on any atom is -0.368 e. The van der Waals surface area contributed by atoms with Crippen LogP contribution in [-0.4, -0.2) is 28.2 Å². The fourth-order valence-electron chi connectivity index (χ4n) is 0. The van der Waals surface area contributed by atoms with Crippen molar-refractivity contribution in [2.24, 2.45) is 0 Å². The normalized spacial score (nSPS) is 8.57. The van der Waals surface area contributed by atoms with Gasteiger partial charge in [-0.2, -0.15) is 0 Å². The fraction of sp³-hybridized carbons (Fsp3) is 0. The summed E-state index contributed by atoms with van der Waals surface area (Å²) < 4.78 is 0. The van der Waals surface area contributed by atoms with E-state index < -0.39 is 9.05 Å². The minimum atomic E-state index is -4.61. The summed E-state index contributed by atoms with van der Waals surface area (Å²) in [5, 5.41) is 0. The van der Waals surface area contributed by atoms with E-state index in [-0.39, 0.29) is 26.3 Å². The summed E-state index contributed by atoms with van der Waals surface area (Å²) in [5.74, 6) is 0. The van der Waals surface area contributed by atoms with Crippen molar-refractivity contribution in [3.63, 3.8) is 0 Å². The third-order valence-electron chi connectivity index (χ3n) is 0. The second kappa shape index (κ2) is 4.80. The Hall–Kier alpha value is 0.654. The van der Waals surface area contributed by atoms with Gasteiger partial charge in [0.05, 0.1) is 0 Å². The monoisotopic (exact) mass is 118 g/mol. The van der Waals surface area contributed by atoms with Gasteiger partial charge >= 0.3 is 27.9 Å². The van der Waals surface area contributed by atoms with Crippen molar-refractivity contribution in [2.45, 2.75) is 0 Å². The Morgan fingerprint density at radius 2 is 0.857 bits per heavy atom. The molecule has 0 fully saturated rings. The van der Waals surface area contributed by atoms with E-state index in [9.17, 15) is 0 Å². The zero-order valence-electron chi connectivity index (χ0n) is 4.29. The van der Waals surface area contributed by atoms with Crippen LogP contribution in [0.1, 0.15) is 0 Å². The summed E-state index contributed by atoms with van der Waals surface area (Å²) in [5.41, 5.74) is 0. The Morgan fingerprint density at radius 1 is 0.857 bits per heavy atom. The van der Waals surface area contributed by atoms with Crippen molar-refractivity contribution < 1.29 is 38.0 Å². The van der Waals surface area contributed by atoms with Crippen LogP contribution in [0.5, 0.6) is 0 Å². The van der Waals surface area contributed by atoms with E-state index in [4.69, 9.17) is 19.2 Å². The largest absolute Gasteiger partial charge is 1.00 e. The SMILES string of the molecule is O[Si](O)(O)O.[CH3-].[Li+]. The van der Waals surface area contributed by atoms with Gasteiger partial charge in [-0.25, -0.2) is 0 Å². The molecule has 0 aromatic rings. The first kappa shape index (κ1) is 15.6. The van der Waals surface area contributed by atoms with Crippen LogP contribution < -0.4 is 18.9 Å². The molecule has 0 saturated heterocycles. The summed E-state index contributed by atoms with van der Waals surface area (Å²) >= 11 is 0. The molecule has 0 aromatic heterocycles. The topological polar surface area (TPSA) is 80.9 Å². The minimum absolute atomic E-state index is 0. The van der Waals surface area contributed by atoms with Gasteiger partial charge in [0.25, 0.3) is 0 Å². The van der Waals surface area contributed by atoms with E-state index in [0.29, 0.717) is 0 Å². The van der Waals surface area contributed by atoms with Crippen LogP contribution in [0.4, 0.5) is 0 Å². The van der Waals surface area contributed by atoms with Crippen molar-refractivity contribution in [3.05, 3.63) is 7.43 Å². The smallest absolute Gasteiger partial charge is 0.368 e. The van der Waals surface area contributed by atoms with Crippen molar-refractivity contribution in [3.8, 4) is 0 Å². The Morgan fingerprint density at radius 3 is 0.857 bits per heavy atom. The molecule has 4 nitrogen and oxygen atoms in total. The molecule has 0 atom stereocenters. The number of rotatable bonds is 0. The van der Waals surface area contributed by atoms with Crippen LogP contribution in [0, 0.1) is 7.43 Å². The van der Waals surface area contributed by atoms with Crippen LogP contribution >= 0.6 is 0 Å². The standard InChI is InChI=1S/CH3.Li.H4O4Si/c;;1-5(2,3)4/h1H3;;1-4H/q-1;+1;. The van der Waals surface area contributed by atoms with Gasteiger partial charge in [0, 0.05) is 0 Å². The van der Waals surface area contributed by atoms with E-state index in [1.54, 1.807) is 0 Å². The number of hydrogen-bond acceptors (Lipinski definition) is 4. The summed E-state index contributed by atoms with van der Waals surface area (Å²) in [6, 6.07) is 0. The first-order valence-corrected chi connectivity index (χ1v) is 2.68. The van der Waals surface area contributed by atoms with E-state index in [0.717, 1.165) is 0 Å². The molecule has 4 N–H and O–H groups in total. The molecule has 0 aromatic carbocycles. The molecule has 6 heteroatoms. The summed E-state index contributed by atoms with van der Waals surface area (Å²) in [7, 11) is -4.61. The average molecular weight is 118 g/mol. The molecule has 0 bridgehead atoms. The Balaban J connectivity index is -0.0000000800. The Kier molecular flexibility index (Phi) is 10.7. The van der Waals surface area contributed by atoms with Crippen molar-refractivity contribution in [1.29, 1.82) is 0 Å². The Labute approximate surface area is 55.1 Å². The van der Waals surface area contributed by atoms with Crippen LogP contribution in [0.15, 0.2) is 0 Å². The van der Waals surface area contributed by atoms with E-state index in [2.05, 4.69) is 0 Å². The van der Waals surface area contributed by atoms with Crippen molar-refractivity contribution in [2.75, 3.05) is 0 Å². The third kappa shape index (κ3) is 337. The first-order chi connectivity index (χ1) is 2.00. The van der Waals surface area contributed by atoms with Gasteiger partial charge in [0.15, 0.2) is 0 Å². The molecular formula is CH7LiO4Si. The molecule has 0 spiro atoms.